The first-order valence-corrected chi connectivity index (χ1v) is 9.65. The van der Waals surface area contributed by atoms with Crippen LogP contribution in [0.4, 0.5) is 27.6 Å². The lowest BCUT2D eigenvalue weighted by atomic mass is 10.2. The van der Waals surface area contributed by atoms with Crippen LogP contribution in [0.3, 0.4) is 0 Å². The molecule has 0 unspecified atom stereocenters. The third kappa shape index (κ3) is 4.02. The van der Waals surface area contributed by atoms with Crippen LogP contribution in [0.5, 0.6) is 0 Å². The molecule has 0 bridgehead atoms. The van der Waals surface area contributed by atoms with E-state index in [-0.39, 0.29) is 17.0 Å². The van der Waals surface area contributed by atoms with E-state index >= 15 is 0 Å². The number of aromatic amines is 1. The van der Waals surface area contributed by atoms with Crippen molar-refractivity contribution in [2.75, 3.05) is 4.72 Å². The fourth-order valence-corrected chi connectivity index (χ4v) is 3.82. The Morgan fingerprint density at radius 1 is 1.11 bits per heavy atom. The molecule has 12 heteroatoms. The molecule has 0 atom stereocenters. The zero-order valence-electron chi connectivity index (χ0n) is 13.5. The van der Waals surface area contributed by atoms with Crippen LogP contribution < -0.4 is 4.72 Å². The van der Waals surface area contributed by atoms with E-state index in [1.807, 2.05) is 0 Å². The summed E-state index contributed by atoms with van der Waals surface area (Å²) in [6, 6.07) is 4.54. The molecule has 2 aromatic heterocycles. The first-order chi connectivity index (χ1) is 13.0. The number of alkyl halides is 3. The van der Waals surface area contributed by atoms with Crippen LogP contribution >= 0.6 is 15.9 Å². The van der Waals surface area contributed by atoms with Crippen molar-refractivity contribution in [3.05, 3.63) is 64.4 Å². The van der Waals surface area contributed by atoms with Gasteiger partial charge in [-0.1, -0.05) is 0 Å². The quantitative estimate of drug-likeness (QED) is 0.518. The Kier molecular flexibility index (Phi) is 5.19. The minimum Gasteiger partial charge on any atom is -0.359 e. The Morgan fingerprint density at radius 2 is 1.82 bits per heavy atom. The molecule has 0 fully saturated rings. The third-order valence-electron chi connectivity index (χ3n) is 3.59. The Hall–Kier alpha value is -2.47. The molecule has 3 rings (SSSR count). The van der Waals surface area contributed by atoms with Gasteiger partial charge in [0.2, 0.25) is 0 Å². The highest BCUT2D eigenvalue weighted by Crippen LogP contribution is 2.34. The number of halogens is 6. The zero-order chi connectivity index (χ0) is 20.7. The number of H-pyrrole nitrogens is 1. The second kappa shape index (κ2) is 7.17. The second-order valence-electron chi connectivity index (χ2n) is 5.50. The predicted octanol–water partition coefficient (Wildman–Crippen LogP) is 4.94. The van der Waals surface area contributed by atoms with Gasteiger partial charge in [0, 0.05) is 22.9 Å². The van der Waals surface area contributed by atoms with Crippen molar-refractivity contribution in [1.29, 1.82) is 0 Å². The van der Waals surface area contributed by atoms with Gasteiger partial charge in [-0.3, -0.25) is 9.71 Å². The normalized spacial score (nSPS) is 12.2. The van der Waals surface area contributed by atoms with Gasteiger partial charge in [-0.25, -0.2) is 17.2 Å². The lowest BCUT2D eigenvalue weighted by molar-refractivity contribution is -0.140. The summed E-state index contributed by atoms with van der Waals surface area (Å²) in [7, 11) is -4.41. The van der Waals surface area contributed by atoms with E-state index in [1.165, 1.54) is 12.3 Å². The van der Waals surface area contributed by atoms with Crippen molar-refractivity contribution in [2.45, 2.75) is 11.1 Å². The van der Waals surface area contributed by atoms with Crippen LogP contribution in [-0.4, -0.2) is 18.4 Å². The van der Waals surface area contributed by atoms with Gasteiger partial charge in [-0.2, -0.15) is 13.2 Å². The Labute approximate surface area is 163 Å². The van der Waals surface area contributed by atoms with Crippen molar-refractivity contribution < 1.29 is 30.4 Å². The molecule has 2 heterocycles. The molecular formula is C16H9BrF5N3O2S. The number of anilines is 1. The lowest BCUT2D eigenvalue weighted by Gasteiger charge is -2.12. The fraction of sp³-hybridized carbons (Fsp3) is 0.0625. The van der Waals surface area contributed by atoms with E-state index in [2.05, 4.69) is 25.9 Å². The van der Waals surface area contributed by atoms with Crippen LogP contribution in [0.2, 0.25) is 0 Å². The summed E-state index contributed by atoms with van der Waals surface area (Å²) in [6.07, 6.45) is -2.56. The molecule has 148 valence electrons. The van der Waals surface area contributed by atoms with Gasteiger partial charge in [0.1, 0.15) is 22.2 Å². The molecule has 0 saturated heterocycles. The number of nitrogens with one attached hydrogen (secondary N) is 2. The summed E-state index contributed by atoms with van der Waals surface area (Å²) in [5.74, 6) is -3.38. The highest BCUT2D eigenvalue weighted by atomic mass is 79.9. The molecule has 0 aliphatic heterocycles. The summed E-state index contributed by atoms with van der Waals surface area (Å²) >= 11 is 3.26. The number of sulfonamides is 1. The molecule has 3 aromatic rings. The maximum absolute atomic E-state index is 13.9. The van der Waals surface area contributed by atoms with E-state index < -0.39 is 39.1 Å². The maximum atomic E-state index is 13.9. The van der Waals surface area contributed by atoms with E-state index in [9.17, 15) is 30.4 Å². The van der Waals surface area contributed by atoms with Crippen LogP contribution in [0.15, 0.2) is 52.1 Å². The van der Waals surface area contributed by atoms with Gasteiger partial charge >= 0.3 is 6.18 Å². The van der Waals surface area contributed by atoms with Crippen LogP contribution in [0, 0.1) is 11.6 Å². The maximum Gasteiger partial charge on any atom is 0.419 e. The average Bonchev–Trinajstić information content (AvgIpc) is 3.08. The van der Waals surface area contributed by atoms with Crippen molar-refractivity contribution in [3.8, 4) is 11.4 Å². The molecule has 1 aromatic carbocycles. The standard InChI is InChI=1S/C16H9BrF5N3O2S/c17-10-2-1-3-23-15(10)14-4-8(7-24-14)28(26,27)25-13-6-11(18)9(5-12(13)19)16(20,21)22/h1-7,24-25H. The average molecular weight is 482 g/mol. The molecule has 0 aliphatic rings. The Balaban J connectivity index is 1.93. The number of aromatic nitrogens is 2. The lowest BCUT2D eigenvalue weighted by Crippen LogP contribution is -2.15. The van der Waals surface area contributed by atoms with Gasteiger partial charge in [-0.05, 0) is 40.2 Å². The van der Waals surface area contributed by atoms with Gasteiger partial charge in [0.05, 0.1) is 16.9 Å². The molecule has 0 amide bonds. The first kappa shape index (κ1) is 20.3. The topological polar surface area (TPSA) is 74.8 Å². The number of benzene rings is 1. The number of rotatable bonds is 4. The summed E-state index contributed by atoms with van der Waals surface area (Å²) < 4.78 is 92.5. The van der Waals surface area contributed by atoms with Crippen molar-refractivity contribution in [1.82, 2.24) is 9.97 Å². The number of nitrogens with zero attached hydrogens (tertiary/aromatic N) is 1. The largest absolute Gasteiger partial charge is 0.419 e. The molecule has 0 saturated carbocycles. The van der Waals surface area contributed by atoms with Gasteiger partial charge in [-0.15, -0.1) is 0 Å². The highest BCUT2D eigenvalue weighted by Gasteiger charge is 2.35. The van der Waals surface area contributed by atoms with Crippen molar-refractivity contribution in [2.24, 2.45) is 0 Å². The van der Waals surface area contributed by atoms with Gasteiger partial charge in [0.25, 0.3) is 10.0 Å². The van der Waals surface area contributed by atoms with Crippen molar-refractivity contribution >= 4 is 31.6 Å². The minimum atomic E-state index is -5.12. The molecular weight excluding hydrogens is 473 g/mol. The predicted molar refractivity (Wildman–Crippen MR) is 93.9 cm³/mol. The first-order valence-electron chi connectivity index (χ1n) is 7.37. The summed E-state index contributed by atoms with van der Waals surface area (Å²) in [5, 5.41) is 0. The fourth-order valence-electron chi connectivity index (χ4n) is 2.30. The van der Waals surface area contributed by atoms with Gasteiger partial charge < -0.3 is 4.98 Å². The molecule has 2 N–H and O–H groups in total. The molecule has 0 aliphatic carbocycles. The zero-order valence-corrected chi connectivity index (χ0v) is 15.9. The van der Waals surface area contributed by atoms with E-state index in [1.54, 1.807) is 16.9 Å². The summed E-state index contributed by atoms with van der Waals surface area (Å²) in [4.78, 5) is 6.41. The molecule has 5 nitrogen and oxygen atoms in total. The third-order valence-corrected chi connectivity index (χ3v) is 5.57. The molecule has 0 radical (unpaired) electrons. The molecule has 28 heavy (non-hydrogen) atoms. The second-order valence-corrected chi connectivity index (χ2v) is 8.03. The van der Waals surface area contributed by atoms with Crippen LogP contribution in [-0.2, 0) is 16.2 Å². The Bertz CT molecular complexity index is 1150. The summed E-state index contributed by atoms with van der Waals surface area (Å²) in [5.41, 5.74) is -2.08. The SMILES string of the molecule is O=S(=O)(Nc1cc(F)c(C(F)(F)F)cc1F)c1c[nH]c(-c2ncccc2Br)c1. The highest BCUT2D eigenvalue weighted by molar-refractivity contribution is 9.10. The number of pyridine rings is 1. The number of hydrogen-bond acceptors (Lipinski definition) is 3. The minimum absolute atomic E-state index is 0.110. The number of hydrogen-bond donors (Lipinski definition) is 2. The van der Waals surface area contributed by atoms with Crippen molar-refractivity contribution in [3.63, 3.8) is 0 Å². The smallest absolute Gasteiger partial charge is 0.359 e. The Morgan fingerprint density at radius 3 is 2.46 bits per heavy atom. The van der Waals surface area contributed by atoms with E-state index in [4.69, 9.17) is 0 Å². The monoisotopic (exact) mass is 481 g/mol. The molecule has 0 spiro atoms. The van der Waals surface area contributed by atoms with Gasteiger partial charge in [0.15, 0.2) is 0 Å². The van der Waals surface area contributed by atoms with E-state index in [0.29, 0.717) is 15.9 Å². The van der Waals surface area contributed by atoms with E-state index in [0.717, 1.165) is 6.20 Å². The van der Waals surface area contributed by atoms with Crippen LogP contribution in [0.25, 0.3) is 11.4 Å². The summed E-state index contributed by atoms with van der Waals surface area (Å²) in [6.45, 7) is 0. The van der Waals surface area contributed by atoms with Crippen LogP contribution in [0.1, 0.15) is 5.56 Å².